The van der Waals surface area contributed by atoms with Crippen molar-refractivity contribution in [3.63, 3.8) is 0 Å². The summed E-state index contributed by atoms with van der Waals surface area (Å²) >= 11 is 5.99. The fourth-order valence-corrected chi connectivity index (χ4v) is 3.86. The Hall–Kier alpha value is -4.50. The van der Waals surface area contributed by atoms with E-state index in [-0.39, 0.29) is 23.0 Å². The molecule has 0 amide bonds. The van der Waals surface area contributed by atoms with Crippen LogP contribution in [-0.2, 0) is 0 Å². The second-order valence-electron chi connectivity index (χ2n) is 7.69. The molecule has 4 aromatic heterocycles. The van der Waals surface area contributed by atoms with E-state index in [1.165, 1.54) is 19.2 Å². The molecule has 5 aromatic rings. The summed E-state index contributed by atoms with van der Waals surface area (Å²) < 4.78 is 12.8. The van der Waals surface area contributed by atoms with Gasteiger partial charge in [-0.2, -0.15) is 0 Å². The number of hydrogen-bond acceptors (Lipinski definition) is 7. The lowest BCUT2D eigenvalue weighted by atomic mass is 10.1. The van der Waals surface area contributed by atoms with Crippen LogP contribution < -0.4 is 10.2 Å². The molecule has 3 N–H and O–H groups in total. The van der Waals surface area contributed by atoms with Crippen LogP contribution in [0.25, 0.3) is 40.0 Å². The van der Waals surface area contributed by atoms with Crippen molar-refractivity contribution < 1.29 is 19.4 Å². The molecule has 0 fully saturated rings. The van der Waals surface area contributed by atoms with Crippen LogP contribution >= 0.6 is 11.6 Å². The van der Waals surface area contributed by atoms with Crippen molar-refractivity contribution in [3.8, 4) is 57.3 Å². The van der Waals surface area contributed by atoms with Gasteiger partial charge in [-0.3, -0.25) is 9.36 Å². The number of aromatic hydroxyl groups is 2. The molecule has 5 rings (SSSR count). The first-order valence-electron chi connectivity index (χ1n) is 10.5. The number of nitrogens with zero attached hydrogens (tertiary/aromatic N) is 3. The van der Waals surface area contributed by atoms with Crippen molar-refractivity contribution in [1.29, 1.82) is 0 Å². The van der Waals surface area contributed by atoms with Crippen LogP contribution in [0, 0.1) is 6.92 Å². The van der Waals surface area contributed by atoms with Crippen molar-refractivity contribution in [2.24, 2.45) is 0 Å². The number of phenols is 1. The highest BCUT2D eigenvalue weighted by molar-refractivity contribution is 6.30. The third-order valence-electron chi connectivity index (χ3n) is 5.38. The maximum Gasteiger partial charge on any atom is 0.227 e. The number of hydrogen-bond donors (Lipinski definition) is 3. The number of methoxy groups -OCH3 is 1. The summed E-state index contributed by atoms with van der Waals surface area (Å²) in [5, 5.41) is 21.1. The molecular weight excluding hydrogens is 472 g/mol. The molecule has 176 valence electrons. The zero-order valence-electron chi connectivity index (χ0n) is 18.6. The quantitative estimate of drug-likeness (QED) is 0.319. The molecule has 0 radical (unpaired) electrons. The number of rotatable bonds is 5. The number of phenolic OH excluding ortho intramolecular Hbond substituents is 1. The summed E-state index contributed by atoms with van der Waals surface area (Å²) in [6.45, 7) is 1.61. The minimum absolute atomic E-state index is 0.0406. The van der Waals surface area contributed by atoms with Crippen molar-refractivity contribution in [2.45, 2.75) is 6.92 Å². The van der Waals surface area contributed by atoms with E-state index in [1.807, 2.05) is 22.9 Å². The van der Waals surface area contributed by atoms with Gasteiger partial charge in [-0.25, -0.2) is 9.97 Å². The Labute approximate surface area is 203 Å². The molecule has 0 atom stereocenters. The second kappa shape index (κ2) is 8.69. The lowest BCUT2D eigenvalue weighted by Gasteiger charge is -2.08. The first kappa shape index (κ1) is 22.3. The average molecular weight is 491 g/mol. The van der Waals surface area contributed by atoms with Crippen LogP contribution in [0.3, 0.4) is 0 Å². The maximum atomic E-state index is 12.3. The highest BCUT2D eigenvalue weighted by atomic mass is 35.5. The number of H-pyrrole nitrogens is 1. The third kappa shape index (κ3) is 4.02. The van der Waals surface area contributed by atoms with Gasteiger partial charge in [0.25, 0.3) is 0 Å². The SMILES string of the molecule is COc1cc(-c2nc(-c3cccn3-c3ccc(Cl)cn3)[nH]c2-c2oc(C)cc(=O)c2O)ccc1O. The van der Waals surface area contributed by atoms with E-state index in [0.29, 0.717) is 39.4 Å². The van der Waals surface area contributed by atoms with Gasteiger partial charge in [-0.1, -0.05) is 11.6 Å². The Morgan fingerprint density at radius 2 is 1.97 bits per heavy atom. The molecule has 0 spiro atoms. The van der Waals surface area contributed by atoms with Crippen molar-refractivity contribution >= 4 is 11.6 Å². The van der Waals surface area contributed by atoms with E-state index in [9.17, 15) is 15.0 Å². The summed E-state index contributed by atoms with van der Waals surface area (Å²) in [5.41, 5.74) is 1.29. The van der Waals surface area contributed by atoms with Gasteiger partial charge in [0.05, 0.1) is 17.8 Å². The van der Waals surface area contributed by atoms with Crippen LogP contribution in [0.15, 0.2) is 70.1 Å². The fourth-order valence-electron chi connectivity index (χ4n) is 3.75. The Morgan fingerprint density at radius 3 is 2.71 bits per heavy atom. The Kier molecular flexibility index (Phi) is 5.54. The molecule has 0 unspecified atom stereocenters. The molecule has 10 heteroatoms. The van der Waals surface area contributed by atoms with Crippen LogP contribution in [0.5, 0.6) is 17.2 Å². The van der Waals surface area contributed by atoms with Gasteiger partial charge in [0.1, 0.15) is 23.0 Å². The number of nitrogens with one attached hydrogen (secondary N) is 1. The zero-order valence-corrected chi connectivity index (χ0v) is 19.4. The van der Waals surface area contributed by atoms with E-state index in [1.54, 1.807) is 37.4 Å². The number of halogens is 1. The normalized spacial score (nSPS) is 11.1. The topological polar surface area (TPSA) is 126 Å². The van der Waals surface area contributed by atoms with E-state index in [0.717, 1.165) is 0 Å². The number of imidazole rings is 1. The molecule has 1 aromatic carbocycles. The summed E-state index contributed by atoms with van der Waals surface area (Å²) in [5.74, 6) is 0.952. The molecule has 9 nitrogen and oxygen atoms in total. The molecule has 4 heterocycles. The number of benzene rings is 1. The predicted molar refractivity (Wildman–Crippen MR) is 130 cm³/mol. The van der Waals surface area contributed by atoms with E-state index >= 15 is 0 Å². The highest BCUT2D eigenvalue weighted by Gasteiger charge is 2.24. The second-order valence-corrected chi connectivity index (χ2v) is 8.13. The van der Waals surface area contributed by atoms with E-state index in [2.05, 4.69) is 9.97 Å². The van der Waals surface area contributed by atoms with E-state index < -0.39 is 11.2 Å². The zero-order chi connectivity index (χ0) is 24.7. The maximum absolute atomic E-state index is 12.3. The van der Waals surface area contributed by atoms with Gasteiger partial charge in [0.15, 0.2) is 23.1 Å². The average Bonchev–Trinajstić information content (AvgIpc) is 3.50. The number of aryl methyl sites for hydroxylation is 1. The Balaban J connectivity index is 1.75. The largest absolute Gasteiger partial charge is 0.504 e. The van der Waals surface area contributed by atoms with Crippen molar-refractivity contribution in [1.82, 2.24) is 19.5 Å². The summed E-state index contributed by atoms with van der Waals surface area (Å²) in [7, 11) is 1.44. The van der Waals surface area contributed by atoms with Gasteiger partial charge in [-0.05, 0) is 49.4 Å². The van der Waals surface area contributed by atoms with Gasteiger partial charge in [0, 0.05) is 24.0 Å². The summed E-state index contributed by atoms with van der Waals surface area (Å²) in [6, 6.07) is 13.1. The van der Waals surface area contributed by atoms with Crippen LogP contribution in [0.2, 0.25) is 5.02 Å². The fraction of sp³-hybridized carbons (Fsp3) is 0.0800. The van der Waals surface area contributed by atoms with Gasteiger partial charge in [-0.15, -0.1) is 0 Å². The minimum atomic E-state index is -0.581. The molecule has 0 bridgehead atoms. The standard InChI is InChI=1S/C25H19ClN4O5/c1-13-10-18(32)23(33)24(35-13)22-21(14-5-7-17(31)19(11-14)34-2)28-25(29-22)16-4-3-9-30(16)20-8-6-15(26)12-27-20/h3-12,31,33H,1-2H3,(H,28,29). The molecular formula is C25H19ClN4O5. The van der Waals surface area contributed by atoms with E-state index in [4.69, 9.17) is 25.7 Å². The molecule has 35 heavy (non-hydrogen) atoms. The van der Waals surface area contributed by atoms with Gasteiger partial charge >= 0.3 is 0 Å². The predicted octanol–water partition coefficient (Wildman–Crippen LogP) is 4.93. The number of ether oxygens (including phenoxy) is 1. The minimum Gasteiger partial charge on any atom is -0.504 e. The smallest absolute Gasteiger partial charge is 0.227 e. The first-order valence-corrected chi connectivity index (χ1v) is 10.8. The lowest BCUT2D eigenvalue weighted by molar-refractivity contribution is 0.373. The number of aromatic nitrogens is 4. The van der Waals surface area contributed by atoms with Crippen LogP contribution in [0.1, 0.15) is 5.76 Å². The molecule has 0 aliphatic carbocycles. The van der Waals surface area contributed by atoms with Gasteiger partial charge in [0.2, 0.25) is 11.2 Å². The molecule has 0 saturated carbocycles. The number of pyridine rings is 1. The lowest BCUT2D eigenvalue weighted by Crippen LogP contribution is -2.01. The summed E-state index contributed by atoms with van der Waals surface area (Å²) in [4.78, 5) is 24.6. The Bertz CT molecular complexity index is 1600. The molecule has 0 aliphatic heterocycles. The number of aromatic amines is 1. The highest BCUT2D eigenvalue weighted by Crippen LogP contribution is 2.39. The third-order valence-corrected chi connectivity index (χ3v) is 5.60. The van der Waals surface area contributed by atoms with Crippen LogP contribution in [-0.4, -0.2) is 36.8 Å². The first-order chi connectivity index (χ1) is 16.9. The molecule has 0 aliphatic rings. The molecule has 0 saturated heterocycles. The van der Waals surface area contributed by atoms with Gasteiger partial charge < -0.3 is 24.4 Å². The van der Waals surface area contributed by atoms with Crippen molar-refractivity contribution in [2.75, 3.05) is 7.11 Å². The summed E-state index contributed by atoms with van der Waals surface area (Å²) in [6.07, 6.45) is 3.36. The van der Waals surface area contributed by atoms with Crippen molar-refractivity contribution in [3.05, 3.63) is 81.9 Å². The Morgan fingerprint density at radius 1 is 1.14 bits per heavy atom. The van der Waals surface area contributed by atoms with Crippen LogP contribution in [0.4, 0.5) is 0 Å². The monoisotopic (exact) mass is 490 g/mol.